The van der Waals surface area contributed by atoms with E-state index in [0.29, 0.717) is 22.6 Å². The molecule has 164 valence electrons. The third-order valence-electron chi connectivity index (χ3n) is 4.85. The average Bonchev–Trinajstić information content (AvgIpc) is 2.81. The molecule has 0 fully saturated rings. The van der Waals surface area contributed by atoms with Crippen LogP contribution in [-0.4, -0.2) is 17.3 Å². The Morgan fingerprint density at radius 2 is 1.79 bits per heavy atom. The van der Waals surface area contributed by atoms with Gasteiger partial charge in [-0.25, -0.2) is 9.18 Å². The number of nitrogens with zero attached hydrogens (tertiary/aromatic N) is 1. The van der Waals surface area contributed by atoms with Crippen molar-refractivity contribution in [3.05, 3.63) is 107 Å². The van der Waals surface area contributed by atoms with E-state index in [1.165, 1.54) is 12.1 Å². The first kappa shape index (κ1) is 22.1. The Morgan fingerprint density at radius 3 is 2.58 bits per heavy atom. The summed E-state index contributed by atoms with van der Waals surface area (Å²) in [7, 11) is 0. The van der Waals surface area contributed by atoms with Crippen molar-refractivity contribution in [2.75, 3.05) is 5.32 Å². The Hall–Kier alpha value is -4.10. The second-order valence-corrected chi connectivity index (χ2v) is 7.70. The van der Waals surface area contributed by atoms with Gasteiger partial charge in [-0.3, -0.25) is 5.43 Å². The number of esters is 1. The Morgan fingerprint density at radius 1 is 1.00 bits per heavy atom. The molecule has 4 rings (SSSR count). The summed E-state index contributed by atoms with van der Waals surface area (Å²) in [5, 5.41) is 9.21. The van der Waals surface area contributed by atoms with Gasteiger partial charge in [-0.1, -0.05) is 48.0 Å². The third kappa shape index (κ3) is 5.58. The van der Waals surface area contributed by atoms with Crippen LogP contribution in [-0.2, 0) is 0 Å². The summed E-state index contributed by atoms with van der Waals surface area (Å²) in [5.74, 6) is -0.408. The first-order chi connectivity index (χ1) is 16.0. The molecule has 0 radical (unpaired) electrons. The molecular weight excluding hydrogens is 437 g/mol. The molecule has 0 spiro atoms. The fourth-order valence-electron chi connectivity index (χ4n) is 3.28. The highest BCUT2D eigenvalue weighted by atomic mass is 32.1. The minimum absolute atomic E-state index is 0.233. The maximum Gasteiger partial charge on any atom is 0.343 e. The van der Waals surface area contributed by atoms with Crippen molar-refractivity contribution < 1.29 is 13.9 Å². The molecule has 0 bridgehead atoms. The zero-order valence-corrected chi connectivity index (χ0v) is 18.5. The molecule has 33 heavy (non-hydrogen) atoms. The van der Waals surface area contributed by atoms with Gasteiger partial charge < -0.3 is 10.1 Å². The number of carbonyl (C=O) groups is 1. The molecular formula is C26H20FN3O2S. The Balaban J connectivity index is 1.56. The van der Waals surface area contributed by atoms with E-state index >= 15 is 0 Å². The van der Waals surface area contributed by atoms with Crippen molar-refractivity contribution in [3.8, 4) is 5.75 Å². The van der Waals surface area contributed by atoms with Crippen molar-refractivity contribution in [2.45, 2.75) is 6.92 Å². The number of benzene rings is 4. The van der Waals surface area contributed by atoms with E-state index in [1.54, 1.807) is 36.5 Å². The molecule has 2 N–H and O–H groups in total. The van der Waals surface area contributed by atoms with Crippen LogP contribution >= 0.6 is 12.2 Å². The van der Waals surface area contributed by atoms with Crippen molar-refractivity contribution in [1.82, 2.24) is 5.43 Å². The number of thiocarbonyl (C=S) groups is 1. The zero-order chi connectivity index (χ0) is 23.2. The normalized spacial score (nSPS) is 10.8. The van der Waals surface area contributed by atoms with Crippen LogP contribution in [0.15, 0.2) is 90.0 Å². The number of hydrazone groups is 1. The number of nitrogens with one attached hydrogen (secondary N) is 2. The molecule has 0 aliphatic rings. The lowest BCUT2D eigenvalue weighted by molar-refractivity contribution is 0.0734. The van der Waals surface area contributed by atoms with Crippen LogP contribution in [0.2, 0.25) is 0 Å². The maximum atomic E-state index is 13.1. The second kappa shape index (κ2) is 10.0. The number of fused-ring (bicyclic) bond motifs is 1. The first-order valence-electron chi connectivity index (χ1n) is 10.2. The van der Waals surface area contributed by atoms with Gasteiger partial charge >= 0.3 is 5.97 Å². The van der Waals surface area contributed by atoms with Crippen LogP contribution in [0.3, 0.4) is 0 Å². The zero-order valence-electron chi connectivity index (χ0n) is 17.7. The van der Waals surface area contributed by atoms with E-state index in [4.69, 9.17) is 17.0 Å². The molecule has 0 saturated carbocycles. The van der Waals surface area contributed by atoms with Gasteiger partial charge in [0.25, 0.3) is 0 Å². The number of carbonyl (C=O) groups excluding carboxylic acids is 1. The number of anilines is 1. The van der Waals surface area contributed by atoms with E-state index in [9.17, 15) is 9.18 Å². The van der Waals surface area contributed by atoms with E-state index in [-0.39, 0.29) is 10.9 Å². The predicted molar refractivity (Wildman–Crippen MR) is 133 cm³/mol. The summed E-state index contributed by atoms with van der Waals surface area (Å²) in [6, 6.07) is 24.4. The van der Waals surface area contributed by atoms with Crippen LogP contribution in [0, 0.1) is 12.7 Å². The largest absolute Gasteiger partial charge is 0.422 e. The molecule has 0 aliphatic heterocycles. The number of ether oxygens (including phenoxy) is 1. The van der Waals surface area contributed by atoms with Crippen LogP contribution in [0.25, 0.3) is 10.8 Å². The lowest BCUT2D eigenvalue weighted by Gasteiger charge is -2.11. The summed E-state index contributed by atoms with van der Waals surface area (Å²) in [5.41, 5.74) is 5.43. The van der Waals surface area contributed by atoms with Gasteiger partial charge in [0.2, 0.25) is 0 Å². The molecule has 0 heterocycles. The molecule has 0 saturated heterocycles. The molecule has 0 aromatic heterocycles. The lowest BCUT2D eigenvalue weighted by Crippen LogP contribution is -2.23. The first-order valence-corrected chi connectivity index (χ1v) is 10.6. The standard InChI is InChI=1S/C26H20FN3O2S/c1-17-5-4-7-19(15-17)25(31)32-24-14-9-18-6-2-3-8-22(18)23(24)16-28-30-26(33)29-21-12-10-20(27)11-13-21/h2-16H,1H3,(H2,29,30,33)/b28-16+. The molecule has 7 heteroatoms. The lowest BCUT2D eigenvalue weighted by atomic mass is 10.0. The molecule has 4 aromatic rings. The van der Waals surface area contributed by atoms with Gasteiger partial charge in [-0.05, 0) is 72.4 Å². The Bertz CT molecular complexity index is 1350. The maximum absolute atomic E-state index is 13.1. The molecule has 4 aromatic carbocycles. The van der Waals surface area contributed by atoms with Gasteiger partial charge in [-0.2, -0.15) is 5.10 Å². The second-order valence-electron chi connectivity index (χ2n) is 7.29. The Labute approximate surface area is 195 Å². The fourth-order valence-corrected chi connectivity index (χ4v) is 3.45. The summed E-state index contributed by atoms with van der Waals surface area (Å²) in [4.78, 5) is 12.7. The SMILES string of the molecule is Cc1cccc(C(=O)Oc2ccc3ccccc3c2/C=N/NC(=S)Nc2ccc(F)cc2)c1. The van der Waals surface area contributed by atoms with Crippen LogP contribution < -0.4 is 15.5 Å². The summed E-state index contributed by atoms with van der Waals surface area (Å²) in [6.07, 6.45) is 1.56. The number of rotatable bonds is 5. The summed E-state index contributed by atoms with van der Waals surface area (Å²) in [6.45, 7) is 1.92. The quantitative estimate of drug-likeness (QED) is 0.130. The monoisotopic (exact) mass is 457 g/mol. The third-order valence-corrected chi connectivity index (χ3v) is 5.04. The molecule has 5 nitrogen and oxygen atoms in total. The van der Waals surface area contributed by atoms with Gasteiger partial charge in [0.15, 0.2) is 5.11 Å². The number of halogens is 1. The number of hydrogen-bond acceptors (Lipinski definition) is 4. The minimum Gasteiger partial charge on any atom is -0.422 e. The summed E-state index contributed by atoms with van der Waals surface area (Å²) >= 11 is 5.24. The van der Waals surface area contributed by atoms with Crippen molar-refractivity contribution in [2.24, 2.45) is 5.10 Å². The van der Waals surface area contributed by atoms with Crippen LogP contribution in [0.5, 0.6) is 5.75 Å². The smallest absolute Gasteiger partial charge is 0.343 e. The number of hydrogen-bond donors (Lipinski definition) is 2. The molecule has 0 amide bonds. The molecule has 0 atom stereocenters. The van der Waals surface area contributed by atoms with Gasteiger partial charge in [0.1, 0.15) is 11.6 Å². The van der Waals surface area contributed by atoms with E-state index in [0.717, 1.165) is 16.3 Å². The van der Waals surface area contributed by atoms with Gasteiger partial charge in [0, 0.05) is 11.3 Å². The topological polar surface area (TPSA) is 62.7 Å². The molecule has 0 unspecified atom stereocenters. The van der Waals surface area contributed by atoms with Crippen LogP contribution in [0.4, 0.5) is 10.1 Å². The average molecular weight is 458 g/mol. The predicted octanol–water partition coefficient (Wildman–Crippen LogP) is 5.83. The van der Waals surface area contributed by atoms with Crippen molar-refractivity contribution in [3.63, 3.8) is 0 Å². The van der Waals surface area contributed by atoms with Gasteiger partial charge in [-0.15, -0.1) is 0 Å². The van der Waals surface area contributed by atoms with E-state index in [2.05, 4.69) is 15.8 Å². The highest BCUT2D eigenvalue weighted by Gasteiger charge is 2.13. The fraction of sp³-hybridized carbons (Fsp3) is 0.0385. The van der Waals surface area contributed by atoms with E-state index < -0.39 is 5.97 Å². The Kier molecular flexibility index (Phi) is 6.71. The molecule has 0 aliphatic carbocycles. The van der Waals surface area contributed by atoms with Crippen molar-refractivity contribution in [1.29, 1.82) is 0 Å². The minimum atomic E-state index is -0.454. The van der Waals surface area contributed by atoms with E-state index in [1.807, 2.05) is 49.4 Å². The van der Waals surface area contributed by atoms with Crippen LogP contribution in [0.1, 0.15) is 21.5 Å². The highest BCUT2D eigenvalue weighted by molar-refractivity contribution is 7.80. The van der Waals surface area contributed by atoms with Gasteiger partial charge in [0.05, 0.1) is 11.8 Å². The summed E-state index contributed by atoms with van der Waals surface area (Å²) < 4.78 is 18.8. The highest BCUT2D eigenvalue weighted by Crippen LogP contribution is 2.27. The number of aryl methyl sites for hydroxylation is 1. The van der Waals surface area contributed by atoms with Crippen molar-refractivity contribution >= 4 is 46.0 Å².